The molecule has 3 N–H and O–H groups in total. The van der Waals surface area contributed by atoms with E-state index in [2.05, 4.69) is 12.2 Å². The highest BCUT2D eigenvalue weighted by Gasteiger charge is 2.34. The maximum atomic E-state index is 11.8. The molecule has 1 aromatic carbocycles. The smallest absolute Gasteiger partial charge is 0.340 e. The molecule has 0 amide bonds. The fourth-order valence-electron chi connectivity index (χ4n) is 2.48. The molecule has 0 aromatic heterocycles. The Balaban J connectivity index is 2.53. The highest BCUT2D eigenvalue weighted by atomic mass is 16.5. The summed E-state index contributed by atoms with van der Waals surface area (Å²) in [6.45, 7) is 3.06. The van der Waals surface area contributed by atoms with Crippen molar-refractivity contribution in [3.05, 3.63) is 29.3 Å². The number of ether oxygens (including phenoxy) is 1. The Bertz CT molecular complexity index is 437. The number of hydrogen-bond donors (Lipinski definition) is 2. The molecule has 1 fully saturated rings. The minimum absolute atomic E-state index is 0.182. The summed E-state index contributed by atoms with van der Waals surface area (Å²) in [5.41, 5.74) is 7.62. The summed E-state index contributed by atoms with van der Waals surface area (Å²) >= 11 is 0. The Hall–Kier alpha value is -1.55. The van der Waals surface area contributed by atoms with Crippen LogP contribution in [0.2, 0.25) is 0 Å². The lowest BCUT2D eigenvalue weighted by Crippen LogP contribution is -2.35. The lowest BCUT2D eigenvalue weighted by molar-refractivity contribution is 0.0598. The first-order chi connectivity index (χ1) is 8.08. The SMILES string of the molecule is COC(=O)c1c(N)cccc1C1(C)CCCN1. The van der Waals surface area contributed by atoms with E-state index in [4.69, 9.17) is 10.5 Å². The van der Waals surface area contributed by atoms with Crippen molar-refractivity contribution < 1.29 is 9.53 Å². The summed E-state index contributed by atoms with van der Waals surface area (Å²) in [4.78, 5) is 11.8. The third-order valence-corrected chi connectivity index (χ3v) is 3.45. The molecule has 1 atom stereocenters. The maximum Gasteiger partial charge on any atom is 0.340 e. The van der Waals surface area contributed by atoms with E-state index >= 15 is 0 Å². The Kier molecular flexibility index (Phi) is 3.07. The van der Waals surface area contributed by atoms with Crippen LogP contribution in [-0.2, 0) is 10.3 Å². The van der Waals surface area contributed by atoms with Gasteiger partial charge < -0.3 is 15.8 Å². The molecule has 1 saturated heterocycles. The van der Waals surface area contributed by atoms with Crippen molar-refractivity contribution in [2.45, 2.75) is 25.3 Å². The van der Waals surface area contributed by atoms with E-state index in [1.165, 1.54) is 7.11 Å². The lowest BCUT2D eigenvalue weighted by atomic mass is 9.86. The fraction of sp³-hybridized carbons (Fsp3) is 0.462. The Morgan fingerprint density at radius 3 is 2.88 bits per heavy atom. The molecule has 4 heteroatoms. The normalized spacial score (nSPS) is 23.6. The first-order valence-electron chi connectivity index (χ1n) is 5.81. The monoisotopic (exact) mass is 234 g/mol. The van der Waals surface area contributed by atoms with Crippen molar-refractivity contribution in [1.29, 1.82) is 0 Å². The highest BCUT2D eigenvalue weighted by Crippen LogP contribution is 2.34. The van der Waals surface area contributed by atoms with Crippen LogP contribution >= 0.6 is 0 Å². The first-order valence-corrected chi connectivity index (χ1v) is 5.81. The number of esters is 1. The van der Waals surface area contributed by atoms with E-state index in [0.717, 1.165) is 24.9 Å². The molecule has 4 nitrogen and oxygen atoms in total. The van der Waals surface area contributed by atoms with Crippen LogP contribution in [-0.4, -0.2) is 19.6 Å². The first kappa shape index (κ1) is 11.9. The zero-order valence-corrected chi connectivity index (χ0v) is 10.2. The standard InChI is InChI=1S/C13H18N2O2/c1-13(7-4-8-15-13)9-5-3-6-10(14)11(9)12(16)17-2/h3,5-6,15H,4,7-8,14H2,1-2H3. The molecule has 17 heavy (non-hydrogen) atoms. The number of benzene rings is 1. The predicted octanol–water partition coefficient (Wildman–Crippen LogP) is 1.65. The minimum atomic E-state index is -0.368. The molecule has 0 bridgehead atoms. The number of nitrogens with one attached hydrogen (secondary N) is 1. The van der Waals surface area contributed by atoms with Crippen LogP contribution in [0.15, 0.2) is 18.2 Å². The highest BCUT2D eigenvalue weighted by molar-refractivity contribution is 5.97. The molecule has 1 aromatic rings. The summed E-state index contributed by atoms with van der Waals surface area (Å²) in [5.74, 6) is -0.368. The van der Waals surface area contributed by atoms with Crippen LogP contribution < -0.4 is 11.1 Å². The number of anilines is 1. The van der Waals surface area contributed by atoms with Gasteiger partial charge in [0.2, 0.25) is 0 Å². The van der Waals surface area contributed by atoms with Gasteiger partial charge in [-0.15, -0.1) is 0 Å². The molecule has 0 radical (unpaired) electrons. The van der Waals surface area contributed by atoms with Gasteiger partial charge in [0, 0.05) is 11.2 Å². The lowest BCUT2D eigenvalue weighted by Gasteiger charge is -2.27. The fourth-order valence-corrected chi connectivity index (χ4v) is 2.48. The van der Waals surface area contributed by atoms with Gasteiger partial charge in [0.1, 0.15) is 0 Å². The van der Waals surface area contributed by atoms with Crippen molar-refractivity contribution in [3.63, 3.8) is 0 Å². The molecule has 0 spiro atoms. The number of carbonyl (C=O) groups is 1. The molecule has 1 aliphatic heterocycles. The maximum absolute atomic E-state index is 11.8. The van der Waals surface area contributed by atoms with Crippen LogP contribution in [0.25, 0.3) is 0 Å². The van der Waals surface area contributed by atoms with Crippen molar-refractivity contribution in [2.24, 2.45) is 0 Å². The van der Waals surface area contributed by atoms with E-state index in [1.807, 2.05) is 12.1 Å². The van der Waals surface area contributed by atoms with Gasteiger partial charge in [0.15, 0.2) is 0 Å². The van der Waals surface area contributed by atoms with E-state index < -0.39 is 0 Å². The van der Waals surface area contributed by atoms with Crippen LogP contribution in [0.1, 0.15) is 35.7 Å². The third kappa shape index (κ3) is 2.00. The second-order valence-corrected chi connectivity index (χ2v) is 4.62. The van der Waals surface area contributed by atoms with Crippen LogP contribution in [0.5, 0.6) is 0 Å². The van der Waals surface area contributed by atoms with Crippen molar-refractivity contribution in [1.82, 2.24) is 5.32 Å². The van der Waals surface area contributed by atoms with Crippen molar-refractivity contribution in [3.8, 4) is 0 Å². The van der Waals surface area contributed by atoms with E-state index in [9.17, 15) is 4.79 Å². The van der Waals surface area contributed by atoms with Gasteiger partial charge in [-0.2, -0.15) is 0 Å². The predicted molar refractivity (Wildman–Crippen MR) is 66.8 cm³/mol. The summed E-state index contributed by atoms with van der Waals surface area (Å²) < 4.78 is 4.82. The van der Waals surface area contributed by atoms with E-state index in [0.29, 0.717) is 11.3 Å². The number of nitrogen functional groups attached to an aromatic ring is 1. The van der Waals surface area contributed by atoms with Crippen molar-refractivity contribution >= 4 is 11.7 Å². The molecule has 92 valence electrons. The van der Waals surface area contributed by atoms with Crippen LogP contribution in [0.4, 0.5) is 5.69 Å². The van der Waals surface area contributed by atoms with Gasteiger partial charge in [-0.1, -0.05) is 12.1 Å². The number of rotatable bonds is 2. The number of hydrogen-bond acceptors (Lipinski definition) is 4. The van der Waals surface area contributed by atoms with Gasteiger partial charge in [0.05, 0.1) is 12.7 Å². The number of nitrogens with two attached hydrogens (primary N) is 1. The summed E-state index contributed by atoms with van der Waals surface area (Å²) in [6, 6.07) is 5.55. The zero-order valence-electron chi connectivity index (χ0n) is 10.2. The van der Waals surface area contributed by atoms with Crippen LogP contribution in [0.3, 0.4) is 0 Å². The molecular weight excluding hydrogens is 216 g/mol. The van der Waals surface area contributed by atoms with Gasteiger partial charge >= 0.3 is 5.97 Å². The zero-order chi connectivity index (χ0) is 12.5. The molecule has 2 rings (SSSR count). The number of methoxy groups -OCH3 is 1. The Morgan fingerprint density at radius 2 is 2.29 bits per heavy atom. The molecule has 1 aliphatic rings. The van der Waals surface area contributed by atoms with Crippen LogP contribution in [0, 0.1) is 0 Å². The Labute approximate surface area is 101 Å². The minimum Gasteiger partial charge on any atom is -0.465 e. The second kappa shape index (κ2) is 4.37. The quantitative estimate of drug-likeness (QED) is 0.603. The van der Waals surface area contributed by atoms with Gasteiger partial charge in [-0.05, 0) is 37.9 Å². The van der Waals surface area contributed by atoms with Gasteiger partial charge in [-0.25, -0.2) is 4.79 Å². The molecule has 1 unspecified atom stereocenters. The van der Waals surface area contributed by atoms with Gasteiger partial charge in [0.25, 0.3) is 0 Å². The molecular formula is C13H18N2O2. The average Bonchev–Trinajstić information content (AvgIpc) is 2.76. The second-order valence-electron chi connectivity index (χ2n) is 4.62. The molecule has 0 aliphatic carbocycles. The molecule has 1 heterocycles. The Morgan fingerprint density at radius 1 is 1.53 bits per heavy atom. The largest absolute Gasteiger partial charge is 0.465 e. The van der Waals surface area contributed by atoms with Crippen molar-refractivity contribution in [2.75, 3.05) is 19.4 Å². The van der Waals surface area contributed by atoms with Gasteiger partial charge in [-0.3, -0.25) is 0 Å². The summed E-state index contributed by atoms with van der Waals surface area (Å²) in [5, 5.41) is 3.43. The van der Waals surface area contributed by atoms with E-state index in [1.54, 1.807) is 6.07 Å². The summed E-state index contributed by atoms with van der Waals surface area (Å²) in [7, 11) is 1.38. The van der Waals surface area contributed by atoms with E-state index in [-0.39, 0.29) is 11.5 Å². The summed E-state index contributed by atoms with van der Waals surface area (Å²) in [6.07, 6.45) is 2.10. The number of carbonyl (C=O) groups excluding carboxylic acids is 1. The average molecular weight is 234 g/mol. The molecule has 0 saturated carbocycles. The third-order valence-electron chi connectivity index (χ3n) is 3.45. The topological polar surface area (TPSA) is 64.3 Å².